The highest BCUT2D eigenvalue weighted by molar-refractivity contribution is 6.05. The van der Waals surface area contributed by atoms with Gasteiger partial charge in [-0.15, -0.1) is 5.10 Å². The molecule has 30 heavy (non-hydrogen) atoms. The number of anilines is 1. The smallest absolute Gasteiger partial charge is 0.420 e. The zero-order valence-electron chi connectivity index (χ0n) is 17.1. The fraction of sp³-hybridized carbons (Fsp3) is 0.316. The Kier molecular flexibility index (Phi) is 5.21. The maximum Gasteiger partial charge on any atom is 0.420 e. The first-order valence-electron chi connectivity index (χ1n) is 8.91. The third-order valence-corrected chi connectivity index (χ3v) is 4.23. The molecule has 2 N–H and O–H groups in total. The molecule has 1 amide bonds. The van der Waals surface area contributed by atoms with Crippen molar-refractivity contribution in [2.24, 2.45) is 14.1 Å². The van der Waals surface area contributed by atoms with Crippen LogP contribution in [0.3, 0.4) is 0 Å². The predicted molar refractivity (Wildman–Crippen MR) is 106 cm³/mol. The molecule has 0 bridgehead atoms. The lowest BCUT2D eigenvalue weighted by atomic mass is 9.97. The summed E-state index contributed by atoms with van der Waals surface area (Å²) in [6.45, 7) is 5.78. The van der Waals surface area contributed by atoms with Gasteiger partial charge < -0.3 is 19.6 Å². The molecule has 0 radical (unpaired) electrons. The minimum atomic E-state index is -0.904. The molecule has 0 spiro atoms. The second kappa shape index (κ2) is 7.50. The Bertz CT molecular complexity index is 1210. The normalized spacial score (nSPS) is 11.4. The Morgan fingerprint density at radius 1 is 1.10 bits per heavy atom. The Hall–Kier alpha value is -3.89. The van der Waals surface area contributed by atoms with Crippen LogP contribution in [0.25, 0.3) is 0 Å². The van der Waals surface area contributed by atoms with Crippen molar-refractivity contribution in [1.82, 2.24) is 19.3 Å². The zero-order chi connectivity index (χ0) is 22.2. The van der Waals surface area contributed by atoms with Gasteiger partial charge in [-0.05, 0) is 24.3 Å². The standard InChI is InChI=1S/C19H21N5O6/c1-19(2,3)16-21-22-17(30-16)29-11-8-6-10(7-9-11)20-13(25)12-14(26)23(4)18(28)24(5)15(12)27/h6-9,26H,1-5H3,(H,20,25). The average molecular weight is 415 g/mol. The van der Waals surface area contributed by atoms with E-state index < -0.39 is 28.6 Å². The third-order valence-electron chi connectivity index (χ3n) is 4.23. The van der Waals surface area contributed by atoms with Gasteiger partial charge in [-0.3, -0.25) is 18.7 Å². The summed E-state index contributed by atoms with van der Waals surface area (Å²) in [6.07, 6.45) is -0.0182. The highest BCUT2D eigenvalue weighted by Gasteiger charge is 2.23. The van der Waals surface area contributed by atoms with Crippen molar-refractivity contribution in [2.45, 2.75) is 26.2 Å². The van der Waals surface area contributed by atoms with Crippen LogP contribution in [0.5, 0.6) is 17.7 Å². The van der Waals surface area contributed by atoms with Crippen LogP contribution in [-0.4, -0.2) is 30.3 Å². The number of nitrogens with zero attached hydrogens (tertiary/aromatic N) is 4. The number of benzene rings is 1. The monoisotopic (exact) mass is 415 g/mol. The van der Waals surface area contributed by atoms with Crippen LogP contribution in [0.1, 0.15) is 37.0 Å². The lowest BCUT2D eigenvalue weighted by Crippen LogP contribution is -2.40. The van der Waals surface area contributed by atoms with Crippen molar-refractivity contribution >= 4 is 11.6 Å². The SMILES string of the molecule is Cn1c(O)c(C(=O)Nc2ccc(Oc3nnc(C(C)(C)C)o3)cc2)c(=O)n(C)c1=O. The molecule has 0 atom stereocenters. The van der Waals surface area contributed by atoms with E-state index in [1.165, 1.54) is 26.2 Å². The highest BCUT2D eigenvalue weighted by Crippen LogP contribution is 2.26. The highest BCUT2D eigenvalue weighted by atomic mass is 16.6. The lowest BCUT2D eigenvalue weighted by molar-refractivity contribution is 0.102. The summed E-state index contributed by atoms with van der Waals surface area (Å²) < 4.78 is 12.5. The molecule has 0 unspecified atom stereocenters. The Morgan fingerprint density at radius 3 is 2.30 bits per heavy atom. The fourth-order valence-electron chi connectivity index (χ4n) is 2.49. The summed E-state index contributed by atoms with van der Waals surface area (Å²) >= 11 is 0. The van der Waals surface area contributed by atoms with Crippen LogP contribution in [0.4, 0.5) is 5.69 Å². The van der Waals surface area contributed by atoms with Crippen LogP contribution in [0, 0.1) is 0 Å². The first kappa shape index (κ1) is 20.8. The van der Waals surface area contributed by atoms with Gasteiger partial charge in [0, 0.05) is 25.2 Å². The van der Waals surface area contributed by atoms with Crippen molar-refractivity contribution in [1.29, 1.82) is 0 Å². The summed E-state index contributed by atoms with van der Waals surface area (Å²) in [6, 6.07) is 6.15. The van der Waals surface area contributed by atoms with Gasteiger partial charge in [-0.1, -0.05) is 25.9 Å². The number of carbonyl (C=O) groups is 1. The summed E-state index contributed by atoms with van der Waals surface area (Å²) in [5.74, 6) is -0.756. The van der Waals surface area contributed by atoms with Gasteiger partial charge in [0.05, 0.1) is 0 Å². The Balaban J connectivity index is 1.77. The van der Waals surface area contributed by atoms with E-state index in [1.807, 2.05) is 20.8 Å². The molecule has 158 valence electrons. The van der Waals surface area contributed by atoms with Gasteiger partial charge in [0.15, 0.2) is 5.56 Å². The lowest BCUT2D eigenvalue weighted by Gasteiger charge is -2.11. The molecule has 11 heteroatoms. The molecule has 11 nitrogen and oxygen atoms in total. The van der Waals surface area contributed by atoms with Gasteiger partial charge in [0.2, 0.25) is 11.8 Å². The minimum Gasteiger partial charge on any atom is -0.494 e. The molecule has 0 aliphatic rings. The number of nitrogens with one attached hydrogen (secondary N) is 1. The summed E-state index contributed by atoms with van der Waals surface area (Å²) in [4.78, 5) is 36.5. The second-order valence-corrected chi connectivity index (χ2v) is 7.61. The number of hydrogen-bond acceptors (Lipinski definition) is 8. The van der Waals surface area contributed by atoms with E-state index in [1.54, 1.807) is 12.1 Å². The van der Waals surface area contributed by atoms with E-state index >= 15 is 0 Å². The molecule has 0 aliphatic heterocycles. The Morgan fingerprint density at radius 2 is 1.73 bits per heavy atom. The minimum absolute atomic E-state index is 0.0182. The maximum atomic E-state index is 12.5. The Labute approximate surface area is 170 Å². The summed E-state index contributed by atoms with van der Waals surface area (Å²) in [7, 11) is 2.47. The van der Waals surface area contributed by atoms with E-state index in [2.05, 4.69) is 15.5 Å². The third kappa shape index (κ3) is 3.95. The van der Waals surface area contributed by atoms with E-state index in [0.717, 1.165) is 9.13 Å². The number of amides is 1. The topological polar surface area (TPSA) is 141 Å². The molecule has 2 aromatic heterocycles. The number of aromatic nitrogens is 4. The van der Waals surface area contributed by atoms with Gasteiger partial charge in [0.1, 0.15) is 5.75 Å². The van der Waals surface area contributed by atoms with Crippen molar-refractivity contribution in [2.75, 3.05) is 5.32 Å². The number of carbonyl (C=O) groups excluding carboxylic acids is 1. The predicted octanol–water partition coefficient (Wildman–Crippen LogP) is 1.51. The molecule has 0 saturated heterocycles. The van der Waals surface area contributed by atoms with Crippen LogP contribution >= 0.6 is 0 Å². The van der Waals surface area contributed by atoms with E-state index in [0.29, 0.717) is 17.3 Å². The van der Waals surface area contributed by atoms with Crippen LogP contribution in [-0.2, 0) is 19.5 Å². The fourth-order valence-corrected chi connectivity index (χ4v) is 2.49. The van der Waals surface area contributed by atoms with E-state index in [9.17, 15) is 19.5 Å². The number of rotatable bonds is 4. The maximum absolute atomic E-state index is 12.5. The molecule has 2 heterocycles. The van der Waals surface area contributed by atoms with Crippen molar-refractivity contribution in [3.63, 3.8) is 0 Å². The van der Waals surface area contributed by atoms with Crippen LogP contribution in [0.15, 0.2) is 38.3 Å². The first-order valence-corrected chi connectivity index (χ1v) is 8.91. The van der Waals surface area contributed by atoms with Gasteiger partial charge in [-0.25, -0.2) is 4.79 Å². The molecule has 0 aliphatic carbocycles. The van der Waals surface area contributed by atoms with Crippen LogP contribution < -0.4 is 21.3 Å². The van der Waals surface area contributed by atoms with Gasteiger partial charge >= 0.3 is 11.8 Å². The number of ether oxygens (including phenoxy) is 1. The zero-order valence-corrected chi connectivity index (χ0v) is 17.1. The van der Waals surface area contributed by atoms with Crippen molar-refractivity contribution < 1.29 is 19.1 Å². The molecule has 3 aromatic rings. The summed E-state index contributed by atoms with van der Waals surface area (Å²) in [5, 5.41) is 20.3. The molecule has 0 saturated carbocycles. The molecule has 3 rings (SSSR count). The van der Waals surface area contributed by atoms with Gasteiger partial charge in [-0.2, -0.15) is 0 Å². The largest absolute Gasteiger partial charge is 0.494 e. The molecular formula is C19H21N5O6. The molecule has 0 fully saturated rings. The van der Waals surface area contributed by atoms with Gasteiger partial charge in [0.25, 0.3) is 11.5 Å². The van der Waals surface area contributed by atoms with Crippen LogP contribution in [0.2, 0.25) is 0 Å². The molecule has 1 aromatic carbocycles. The van der Waals surface area contributed by atoms with E-state index in [-0.39, 0.29) is 11.5 Å². The van der Waals surface area contributed by atoms with Crippen molar-refractivity contribution in [3.8, 4) is 17.7 Å². The number of aromatic hydroxyl groups is 1. The summed E-state index contributed by atoms with van der Waals surface area (Å²) in [5.41, 5.74) is -2.17. The van der Waals surface area contributed by atoms with Crippen molar-refractivity contribution in [3.05, 3.63) is 56.6 Å². The van der Waals surface area contributed by atoms with E-state index in [4.69, 9.17) is 9.15 Å². The molecular weight excluding hydrogens is 394 g/mol. The average Bonchev–Trinajstić information content (AvgIpc) is 3.15. The first-order chi connectivity index (χ1) is 14.0. The quantitative estimate of drug-likeness (QED) is 0.653. The number of hydrogen-bond donors (Lipinski definition) is 2. The second-order valence-electron chi connectivity index (χ2n) is 7.61.